The van der Waals surface area contributed by atoms with E-state index in [1.54, 1.807) is 20.8 Å². The molecule has 0 bridgehead atoms. The summed E-state index contributed by atoms with van der Waals surface area (Å²) in [4.78, 5) is 39.0. The standard InChI is InChI=1S/C31H29ClF4N2O5/c1-29(2,3)43-28(41)16-8-10-18(22(33)14-16)25-19-11-9-17(27(40)42-4)15-23(19)38(37-25)26(39)24-20(6-5-7-21(24)32)30(12-13-30)31(34,35)36/h5-8,10,14,17H,9,11-13,15H2,1-4H3. The van der Waals surface area contributed by atoms with E-state index in [0.29, 0.717) is 12.0 Å². The second kappa shape index (κ2) is 10.8. The third kappa shape index (κ3) is 5.55. The molecular weight excluding hydrogens is 592 g/mol. The highest BCUT2D eigenvalue weighted by Crippen LogP contribution is 2.60. The van der Waals surface area contributed by atoms with Gasteiger partial charge in [-0.1, -0.05) is 23.7 Å². The number of alkyl halides is 3. The largest absolute Gasteiger partial charge is 0.469 e. The number of hydrogen-bond acceptors (Lipinski definition) is 6. The number of benzene rings is 2. The molecule has 0 aliphatic heterocycles. The van der Waals surface area contributed by atoms with Gasteiger partial charge in [-0.2, -0.15) is 23.0 Å². The Bertz CT molecular complexity index is 1640. The number of ether oxygens (including phenoxy) is 2. The molecule has 0 spiro atoms. The van der Waals surface area contributed by atoms with Crippen molar-refractivity contribution >= 4 is 29.4 Å². The van der Waals surface area contributed by atoms with Crippen molar-refractivity contribution in [3.05, 3.63) is 75.2 Å². The fourth-order valence-electron chi connectivity index (χ4n) is 5.61. The Morgan fingerprint density at radius 1 is 1.09 bits per heavy atom. The lowest BCUT2D eigenvalue weighted by molar-refractivity contribution is -0.160. The van der Waals surface area contributed by atoms with Gasteiger partial charge in [0, 0.05) is 17.5 Å². The van der Waals surface area contributed by atoms with Gasteiger partial charge in [0.1, 0.15) is 11.4 Å². The Labute approximate surface area is 250 Å². The van der Waals surface area contributed by atoms with Crippen LogP contribution >= 0.6 is 11.6 Å². The van der Waals surface area contributed by atoms with Crippen LogP contribution in [-0.2, 0) is 32.5 Å². The van der Waals surface area contributed by atoms with Gasteiger partial charge in [-0.05, 0) is 76.3 Å². The van der Waals surface area contributed by atoms with Crippen LogP contribution in [0, 0.1) is 11.7 Å². The molecule has 0 radical (unpaired) electrons. The van der Waals surface area contributed by atoms with E-state index in [2.05, 4.69) is 5.10 Å². The molecule has 2 aliphatic rings. The van der Waals surface area contributed by atoms with Gasteiger partial charge in [0.25, 0.3) is 5.91 Å². The summed E-state index contributed by atoms with van der Waals surface area (Å²) in [5.74, 6) is -3.64. The molecule has 7 nitrogen and oxygen atoms in total. The van der Waals surface area contributed by atoms with E-state index < -0.39 is 46.8 Å². The van der Waals surface area contributed by atoms with E-state index in [9.17, 15) is 27.6 Å². The van der Waals surface area contributed by atoms with E-state index in [1.807, 2.05) is 0 Å². The molecule has 0 saturated heterocycles. The van der Waals surface area contributed by atoms with Crippen LogP contribution in [0.2, 0.25) is 5.02 Å². The number of rotatable bonds is 5. The van der Waals surface area contributed by atoms with Gasteiger partial charge in [-0.15, -0.1) is 0 Å². The number of carbonyl (C=O) groups is 3. The molecule has 2 aliphatic carbocycles. The van der Waals surface area contributed by atoms with Crippen molar-refractivity contribution in [3.63, 3.8) is 0 Å². The van der Waals surface area contributed by atoms with Crippen molar-refractivity contribution in [1.29, 1.82) is 0 Å². The van der Waals surface area contributed by atoms with Gasteiger partial charge >= 0.3 is 18.1 Å². The highest BCUT2D eigenvalue weighted by molar-refractivity contribution is 6.34. The number of methoxy groups -OCH3 is 1. The number of carbonyl (C=O) groups excluding carboxylic acids is 3. The molecule has 1 aromatic heterocycles. The SMILES string of the molecule is COC(=O)C1CCc2c(-c3ccc(C(=O)OC(C)(C)C)cc3F)nn(C(=O)c3c(Cl)cccc3C3(C(F)(F)F)CC3)c2C1. The fraction of sp³-hybridized carbons (Fsp3) is 0.419. The molecule has 1 unspecified atom stereocenters. The summed E-state index contributed by atoms with van der Waals surface area (Å²) in [6.45, 7) is 5.03. The van der Waals surface area contributed by atoms with Crippen molar-refractivity contribution in [2.45, 2.75) is 70.1 Å². The summed E-state index contributed by atoms with van der Waals surface area (Å²) in [6, 6.07) is 7.63. The highest BCUT2D eigenvalue weighted by Gasteiger charge is 2.65. The molecule has 12 heteroatoms. The highest BCUT2D eigenvalue weighted by atomic mass is 35.5. The van der Waals surface area contributed by atoms with E-state index in [0.717, 1.165) is 10.7 Å². The summed E-state index contributed by atoms with van der Waals surface area (Å²) in [5.41, 5.74) is -2.89. The fourth-order valence-corrected chi connectivity index (χ4v) is 5.87. The van der Waals surface area contributed by atoms with Crippen LogP contribution in [0.3, 0.4) is 0 Å². The molecule has 0 amide bonds. The Morgan fingerprint density at radius 3 is 2.37 bits per heavy atom. The zero-order valence-corrected chi connectivity index (χ0v) is 24.7. The number of esters is 2. The number of aromatic nitrogens is 2. The maximum Gasteiger partial charge on any atom is 0.398 e. The topological polar surface area (TPSA) is 87.5 Å². The van der Waals surface area contributed by atoms with Gasteiger partial charge in [-0.25, -0.2) is 9.18 Å². The van der Waals surface area contributed by atoms with Gasteiger partial charge < -0.3 is 9.47 Å². The van der Waals surface area contributed by atoms with Crippen LogP contribution in [0.5, 0.6) is 0 Å². The quantitative estimate of drug-likeness (QED) is 0.229. The number of halogens is 5. The molecule has 1 saturated carbocycles. The van der Waals surface area contributed by atoms with Gasteiger partial charge in [0.2, 0.25) is 0 Å². The monoisotopic (exact) mass is 620 g/mol. The lowest BCUT2D eigenvalue weighted by Gasteiger charge is -2.24. The summed E-state index contributed by atoms with van der Waals surface area (Å²) in [6.07, 6.45) is -4.48. The average molecular weight is 621 g/mol. The second-order valence-corrected chi connectivity index (χ2v) is 12.3. The number of fused-ring (bicyclic) bond motifs is 1. The molecule has 3 aromatic rings. The first kappa shape index (κ1) is 30.7. The predicted molar refractivity (Wildman–Crippen MR) is 148 cm³/mol. The van der Waals surface area contributed by atoms with Crippen molar-refractivity contribution in [1.82, 2.24) is 9.78 Å². The maximum atomic E-state index is 15.6. The van der Waals surface area contributed by atoms with Gasteiger partial charge in [0.05, 0.1) is 46.0 Å². The summed E-state index contributed by atoms with van der Waals surface area (Å²) >= 11 is 6.38. The lowest BCUT2D eigenvalue weighted by atomic mass is 9.85. The van der Waals surface area contributed by atoms with Crippen LogP contribution in [0.25, 0.3) is 11.3 Å². The van der Waals surface area contributed by atoms with E-state index in [1.165, 1.54) is 37.4 Å². The number of nitrogens with zero attached hydrogens (tertiary/aromatic N) is 2. The first-order valence-electron chi connectivity index (χ1n) is 13.7. The minimum atomic E-state index is -4.61. The van der Waals surface area contributed by atoms with Crippen molar-refractivity contribution in [2.24, 2.45) is 5.92 Å². The minimum Gasteiger partial charge on any atom is -0.469 e. The molecule has 1 atom stereocenters. The third-order valence-electron chi connectivity index (χ3n) is 7.89. The van der Waals surface area contributed by atoms with Crippen molar-refractivity contribution in [2.75, 3.05) is 7.11 Å². The molecular formula is C31H29ClF4N2O5. The lowest BCUT2D eigenvalue weighted by Crippen LogP contribution is -2.32. The first-order chi connectivity index (χ1) is 20.1. The van der Waals surface area contributed by atoms with Crippen molar-refractivity contribution < 1.29 is 41.4 Å². The Morgan fingerprint density at radius 2 is 1.79 bits per heavy atom. The molecule has 1 fully saturated rings. The second-order valence-electron chi connectivity index (χ2n) is 11.9. The maximum absolute atomic E-state index is 15.6. The van der Waals surface area contributed by atoms with E-state index >= 15 is 4.39 Å². The summed E-state index contributed by atoms with van der Waals surface area (Å²) in [7, 11) is 1.23. The third-order valence-corrected chi connectivity index (χ3v) is 8.21. The van der Waals surface area contributed by atoms with Gasteiger partial charge in [-0.3, -0.25) is 9.59 Å². The minimum absolute atomic E-state index is 0.0114. The van der Waals surface area contributed by atoms with E-state index in [4.69, 9.17) is 21.1 Å². The molecule has 1 heterocycles. The van der Waals surface area contributed by atoms with Crippen LogP contribution in [-0.4, -0.2) is 46.5 Å². The smallest absolute Gasteiger partial charge is 0.398 e. The molecule has 2 aromatic carbocycles. The Balaban J connectivity index is 1.64. The molecule has 5 rings (SSSR count). The van der Waals surface area contributed by atoms with Crippen LogP contribution in [0.4, 0.5) is 17.6 Å². The van der Waals surface area contributed by atoms with Crippen LogP contribution in [0.15, 0.2) is 36.4 Å². The van der Waals surface area contributed by atoms with Crippen LogP contribution in [0.1, 0.15) is 77.6 Å². The Hall–Kier alpha value is -3.73. The van der Waals surface area contributed by atoms with E-state index in [-0.39, 0.29) is 64.3 Å². The molecule has 0 N–H and O–H groups in total. The zero-order valence-electron chi connectivity index (χ0n) is 23.9. The molecule has 43 heavy (non-hydrogen) atoms. The normalized spacial score (nSPS) is 17.7. The first-order valence-corrected chi connectivity index (χ1v) is 14.1. The average Bonchev–Trinajstić information content (AvgIpc) is 3.67. The predicted octanol–water partition coefficient (Wildman–Crippen LogP) is 6.86. The zero-order chi connectivity index (χ0) is 31.5. The van der Waals surface area contributed by atoms with Crippen LogP contribution < -0.4 is 0 Å². The Kier molecular flexibility index (Phi) is 7.69. The molecule has 228 valence electrons. The summed E-state index contributed by atoms with van der Waals surface area (Å²) in [5, 5.41) is 4.24. The van der Waals surface area contributed by atoms with Gasteiger partial charge in [0.15, 0.2) is 0 Å². The number of hydrogen-bond donors (Lipinski definition) is 0. The summed E-state index contributed by atoms with van der Waals surface area (Å²) < 4.78 is 69.2. The van der Waals surface area contributed by atoms with Crippen molar-refractivity contribution in [3.8, 4) is 11.3 Å².